The Labute approximate surface area is 139 Å². The third kappa shape index (κ3) is 4.16. The Balaban J connectivity index is 2.54. The topological polar surface area (TPSA) is 17.8 Å². The summed E-state index contributed by atoms with van der Waals surface area (Å²) in [4.78, 5) is 0. The van der Waals surface area contributed by atoms with Crippen LogP contribution >= 0.6 is 0 Å². The largest absolute Gasteiger partial charge is 0.416 e. The van der Waals surface area contributed by atoms with Gasteiger partial charge in [0, 0.05) is 17.8 Å². The molecule has 0 spiro atoms. The van der Waals surface area contributed by atoms with E-state index in [4.69, 9.17) is 0 Å². The van der Waals surface area contributed by atoms with Gasteiger partial charge in [-0.15, -0.1) is 0 Å². The van der Waals surface area contributed by atoms with Gasteiger partial charge in [0.25, 0.3) is 0 Å². The first kappa shape index (κ1) is 18.5. The van der Waals surface area contributed by atoms with Crippen molar-refractivity contribution in [3.8, 4) is 0 Å². The van der Waals surface area contributed by atoms with E-state index < -0.39 is 18.4 Å². The van der Waals surface area contributed by atoms with Gasteiger partial charge in [-0.1, -0.05) is 19.1 Å². The lowest BCUT2D eigenvalue weighted by Gasteiger charge is -2.12. The van der Waals surface area contributed by atoms with E-state index in [9.17, 15) is 17.6 Å². The molecule has 0 fully saturated rings. The molecule has 1 aliphatic rings. The van der Waals surface area contributed by atoms with Crippen LogP contribution in [0.4, 0.5) is 17.6 Å². The highest BCUT2D eigenvalue weighted by Gasteiger charge is 2.32. The molecule has 0 atom stereocenters. The molecule has 1 aromatic rings. The molecule has 0 amide bonds. The molecule has 2 nitrogen and oxygen atoms in total. The smallest absolute Gasteiger partial charge is 0.269 e. The minimum absolute atomic E-state index is 0.207. The first-order valence-electron chi connectivity index (χ1n) is 8.18. The van der Waals surface area contributed by atoms with Crippen molar-refractivity contribution in [3.05, 3.63) is 46.8 Å². The molecule has 0 radical (unpaired) electrons. The first-order valence-corrected chi connectivity index (χ1v) is 8.18. The van der Waals surface area contributed by atoms with Crippen LogP contribution in [0, 0.1) is 0 Å². The summed E-state index contributed by atoms with van der Waals surface area (Å²) in [7, 11) is 0. The summed E-state index contributed by atoms with van der Waals surface area (Å²) in [6, 6.07) is 1.78. The number of aromatic nitrogens is 2. The molecule has 6 heteroatoms. The van der Waals surface area contributed by atoms with E-state index in [2.05, 4.69) is 5.10 Å². The fraction of sp³-hybridized carbons (Fsp3) is 0.500. The van der Waals surface area contributed by atoms with E-state index in [0.717, 1.165) is 43.7 Å². The van der Waals surface area contributed by atoms with E-state index in [-0.39, 0.29) is 17.6 Å². The number of hydrogen-bond donors (Lipinski definition) is 0. The number of alkyl halides is 4. The van der Waals surface area contributed by atoms with Crippen molar-refractivity contribution in [3.63, 3.8) is 0 Å². The van der Waals surface area contributed by atoms with Gasteiger partial charge in [-0.3, -0.25) is 4.68 Å². The number of nitrogens with zero attached hydrogens (tertiary/aromatic N) is 2. The zero-order valence-corrected chi connectivity index (χ0v) is 14.0. The molecule has 0 aliphatic carbocycles. The van der Waals surface area contributed by atoms with Crippen molar-refractivity contribution in [1.29, 1.82) is 0 Å². The second kappa shape index (κ2) is 7.81. The fourth-order valence-electron chi connectivity index (χ4n) is 2.82. The summed E-state index contributed by atoms with van der Waals surface area (Å²) in [5.41, 5.74) is 1.06. The van der Waals surface area contributed by atoms with E-state index >= 15 is 0 Å². The van der Waals surface area contributed by atoms with Crippen molar-refractivity contribution in [2.75, 3.05) is 6.67 Å². The molecule has 2 rings (SSSR count). The Kier molecular flexibility index (Phi) is 6.02. The molecule has 0 saturated heterocycles. The summed E-state index contributed by atoms with van der Waals surface area (Å²) < 4.78 is 54.9. The van der Waals surface area contributed by atoms with Gasteiger partial charge < -0.3 is 0 Å². The monoisotopic (exact) mass is 342 g/mol. The zero-order chi connectivity index (χ0) is 17.7. The van der Waals surface area contributed by atoms with Gasteiger partial charge in [0.1, 0.15) is 6.67 Å². The third-order valence-electron chi connectivity index (χ3n) is 4.08. The third-order valence-corrected chi connectivity index (χ3v) is 4.08. The van der Waals surface area contributed by atoms with Gasteiger partial charge in [0.2, 0.25) is 0 Å². The van der Waals surface area contributed by atoms with Gasteiger partial charge in [0.05, 0.1) is 11.3 Å². The number of allylic oxidation sites excluding steroid dienone is 6. The average molecular weight is 342 g/mol. The van der Waals surface area contributed by atoms with E-state index in [1.54, 1.807) is 19.9 Å². The molecular formula is C18H22F4N2. The van der Waals surface area contributed by atoms with Crippen LogP contribution in [-0.2, 0) is 13.0 Å². The maximum atomic E-state index is 13.4. The van der Waals surface area contributed by atoms with Crippen molar-refractivity contribution < 1.29 is 17.6 Å². The molecule has 0 saturated carbocycles. The molecular weight excluding hydrogens is 320 g/mol. The summed E-state index contributed by atoms with van der Waals surface area (Å²) in [5.74, 6) is 0. The van der Waals surface area contributed by atoms with Crippen LogP contribution in [0.3, 0.4) is 0 Å². The summed E-state index contributed by atoms with van der Waals surface area (Å²) in [6.45, 7) is 3.18. The number of halogens is 4. The van der Waals surface area contributed by atoms with Gasteiger partial charge >= 0.3 is 6.18 Å². The SMILES string of the molecule is C\C=C(CF)/C(=C\C(=C\CC)C(F)(F)F)c1cc2n(n1)CCCC2. The highest BCUT2D eigenvalue weighted by atomic mass is 19.4. The Morgan fingerprint density at radius 2 is 2.08 bits per heavy atom. The van der Waals surface area contributed by atoms with Crippen LogP contribution in [0.15, 0.2) is 35.4 Å². The lowest BCUT2D eigenvalue weighted by Crippen LogP contribution is -2.12. The minimum Gasteiger partial charge on any atom is -0.269 e. The van der Waals surface area contributed by atoms with Crippen molar-refractivity contribution in [2.24, 2.45) is 0 Å². The molecule has 1 aliphatic heterocycles. The molecule has 2 heterocycles. The molecule has 0 bridgehead atoms. The average Bonchev–Trinajstić information content (AvgIpc) is 2.96. The highest BCUT2D eigenvalue weighted by molar-refractivity contribution is 5.79. The van der Waals surface area contributed by atoms with Crippen molar-refractivity contribution >= 4 is 5.57 Å². The Hall–Kier alpha value is -1.85. The fourth-order valence-corrected chi connectivity index (χ4v) is 2.82. The highest BCUT2D eigenvalue weighted by Crippen LogP contribution is 2.33. The Bertz CT molecular complexity index is 640. The van der Waals surface area contributed by atoms with Crippen LogP contribution in [0.2, 0.25) is 0 Å². The second-order valence-electron chi connectivity index (χ2n) is 5.77. The van der Waals surface area contributed by atoms with E-state index in [1.807, 2.05) is 4.68 Å². The number of rotatable bonds is 5. The Morgan fingerprint density at radius 3 is 2.62 bits per heavy atom. The van der Waals surface area contributed by atoms with Gasteiger partial charge in [0.15, 0.2) is 0 Å². The normalized spacial score (nSPS) is 17.2. The number of hydrogen-bond acceptors (Lipinski definition) is 1. The van der Waals surface area contributed by atoms with Crippen LogP contribution in [0.25, 0.3) is 5.57 Å². The van der Waals surface area contributed by atoms with E-state index in [0.29, 0.717) is 5.69 Å². The first-order chi connectivity index (χ1) is 11.4. The molecule has 0 unspecified atom stereocenters. The van der Waals surface area contributed by atoms with Gasteiger partial charge in [-0.25, -0.2) is 4.39 Å². The van der Waals surface area contributed by atoms with Crippen LogP contribution < -0.4 is 0 Å². The summed E-state index contributed by atoms with van der Waals surface area (Å²) in [6.07, 6.45) is 2.29. The maximum absolute atomic E-state index is 13.4. The standard InChI is InChI=1S/C18H22F4N2/c1-3-7-14(18(20,21)22)10-16(13(4-2)12-19)17-11-15-8-5-6-9-24(15)23-17/h4,7,10-11H,3,5-6,8-9,12H2,1-2H3/b13-4-,14-7-,16-10+. The van der Waals surface area contributed by atoms with Crippen molar-refractivity contribution in [1.82, 2.24) is 9.78 Å². The maximum Gasteiger partial charge on any atom is 0.416 e. The summed E-state index contributed by atoms with van der Waals surface area (Å²) >= 11 is 0. The lowest BCUT2D eigenvalue weighted by atomic mass is 9.99. The molecule has 132 valence electrons. The van der Waals surface area contributed by atoms with Crippen LogP contribution in [0.5, 0.6) is 0 Å². The van der Waals surface area contributed by atoms with Crippen molar-refractivity contribution in [2.45, 2.75) is 52.3 Å². The van der Waals surface area contributed by atoms with Gasteiger partial charge in [-0.2, -0.15) is 18.3 Å². The van der Waals surface area contributed by atoms with Crippen LogP contribution in [0.1, 0.15) is 44.5 Å². The predicted molar refractivity (Wildman–Crippen MR) is 87.3 cm³/mol. The second-order valence-corrected chi connectivity index (χ2v) is 5.77. The quantitative estimate of drug-likeness (QED) is 0.516. The molecule has 24 heavy (non-hydrogen) atoms. The van der Waals surface area contributed by atoms with Gasteiger partial charge in [-0.05, 0) is 50.3 Å². The number of aryl methyl sites for hydroxylation is 2. The number of fused-ring (bicyclic) bond motifs is 1. The lowest BCUT2D eigenvalue weighted by molar-refractivity contribution is -0.0883. The zero-order valence-electron chi connectivity index (χ0n) is 14.0. The summed E-state index contributed by atoms with van der Waals surface area (Å²) in [5, 5.41) is 4.41. The van der Waals surface area contributed by atoms with Crippen LogP contribution in [-0.4, -0.2) is 22.6 Å². The Morgan fingerprint density at radius 1 is 1.33 bits per heavy atom. The van der Waals surface area contributed by atoms with E-state index in [1.165, 1.54) is 6.08 Å². The predicted octanol–water partition coefficient (Wildman–Crippen LogP) is 5.42. The minimum atomic E-state index is -4.48. The molecule has 1 aromatic heterocycles. The molecule has 0 N–H and O–H groups in total. The molecule has 0 aromatic carbocycles.